The second kappa shape index (κ2) is 5.99. The Labute approximate surface area is 116 Å². The van der Waals surface area contributed by atoms with Gasteiger partial charge in [0, 0.05) is 16.8 Å². The molecule has 100 valence electrons. The number of hydrogen-bond acceptors (Lipinski definition) is 3. The predicted octanol–water partition coefficient (Wildman–Crippen LogP) is 3.19. The topological polar surface area (TPSA) is 34.2 Å². The van der Waals surface area contributed by atoms with Crippen LogP contribution in [0, 0.1) is 5.82 Å². The van der Waals surface area contributed by atoms with Gasteiger partial charge in [-0.05, 0) is 36.9 Å². The van der Waals surface area contributed by atoms with E-state index in [1.165, 1.54) is 12.3 Å². The number of hydrogen-bond donors (Lipinski definition) is 1. The number of methoxy groups -OCH3 is 1. The summed E-state index contributed by atoms with van der Waals surface area (Å²) >= 11 is 6.02. The van der Waals surface area contributed by atoms with Crippen molar-refractivity contribution in [2.45, 2.75) is 6.04 Å². The third-order valence-corrected chi connectivity index (χ3v) is 3.09. The Morgan fingerprint density at radius 2 is 2.11 bits per heavy atom. The molecule has 19 heavy (non-hydrogen) atoms. The lowest BCUT2D eigenvalue weighted by Crippen LogP contribution is -2.18. The summed E-state index contributed by atoms with van der Waals surface area (Å²) in [6.07, 6.45) is 2.79. The first-order valence-corrected chi connectivity index (χ1v) is 6.14. The second-order valence-electron chi connectivity index (χ2n) is 4.04. The molecule has 0 spiro atoms. The molecule has 5 heteroatoms. The summed E-state index contributed by atoms with van der Waals surface area (Å²) in [5.74, 6) is 0.312. The highest BCUT2D eigenvalue weighted by Crippen LogP contribution is 2.32. The summed E-state index contributed by atoms with van der Waals surface area (Å²) in [5.41, 5.74) is 1.55. The van der Waals surface area contributed by atoms with Gasteiger partial charge in [-0.3, -0.25) is 4.98 Å². The number of rotatable bonds is 4. The van der Waals surface area contributed by atoms with Gasteiger partial charge in [0.05, 0.1) is 19.3 Å². The van der Waals surface area contributed by atoms with Gasteiger partial charge in [0.1, 0.15) is 11.6 Å². The van der Waals surface area contributed by atoms with Crippen molar-refractivity contribution >= 4 is 11.6 Å². The molecule has 2 rings (SSSR count). The molecule has 2 aromatic rings. The van der Waals surface area contributed by atoms with Crippen molar-refractivity contribution in [3.05, 3.63) is 58.6 Å². The normalized spacial score (nSPS) is 12.2. The first-order valence-electron chi connectivity index (χ1n) is 5.77. The monoisotopic (exact) mass is 280 g/mol. The lowest BCUT2D eigenvalue weighted by Gasteiger charge is -2.19. The van der Waals surface area contributed by atoms with Gasteiger partial charge in [0.25, 0.3) is 0 Å². The molecule has 1 unspecified atom stereocenters. The Bertz CT molecular complexity index is 577. The number of pyridine rings is 1. The molecule has 1 aromatic heterocycles. The molecule has 0 aliphatic heterocycles. The van der Waals surface area contributed by atoms with Gasteiger partial charge in [-0.15, -0.1) is 0 Å². The van der Waals surface area contributed by atoms with Gasteiger partial charge in [-0.2, -0.15) is 0 Å². The number of benzene rings is 1. The summed E-state index contributed by atoms with van der Waals surface area (Å²) in [5, 5.41) is 3.72. The largest absolute Gasteiger partial charge is 0.496 e. The van der Waals surface area contributed by atoms with Gasteiger partial charge in [-0.1, -0.05) is 11.6 Å². The van der Waals surface area contributed by atoms with Crippen LogP contribution in [-0.2, 0) is 0 Å². The van der Waals surface area contributed by atoms with Crippen LogP contribution in [0.1, 0.15) is 17.2 Å². The lowest BCUT2D eigenvalue weighted by molar-refractivity contribution is 0.405. The molecule has 0 fully saturated rings. The molecule has 1 N–H and O–H groups in total. The maximum Gasteiger partial charge on any atom is 0.141 e. The zero-order valence-corrected chi connectivity index (χ0v) is 11.4. The molecule has 0 bridgehead atoms. The first kappa shape index (κ1) is 13.8. The molecular formula is C14H14ClFN2O. The Morgan fingerprint density at radius 3 is 2.74 bits per heavy atom. The van der Waals surface area contributed by atoms with Crippen LogP contribution in [0.15, 0.2) is 36.7 Å². The summed E-state index contributed by atoms with van der Waals surface area (Å²) in [7, 11) is 3.37. The van der Waals surface area contributed by atoms with Gasteiger partial charge in [0.15, 0.2) is 0 Å². The van der Waals surface area contributed by atoms with Crippen LogP contribution in [0.3, 0.4) is 0 Å². The summed E-state index contributed by atoms with van der Waals surface area (Å²) in [6.45, 7) is 0. The third kappa shape index (κ3) is 3.03. The molecule has 0 aliphatic rings. The van der Waals surface area contributed by atoms with E-state index in [0.717, 1.165) is 5.56 Å². The first-order chi connectivity index (χ1) is 9.15. The summed E-state index contributed by atoms with van der Waals surface area (Å²) < 4.78 is 18.6. The zero-order valence-electron chi connectivity index (χ0n) is 10.7. The lowest BCUT2D eigenvalue weighted by atomic mass is 9.99. The minimum atomic E-state index is -0.376. The van der Waals surface area contributed by atoms with Crippen LogP contribution in [0.2, 0.25) is 5.02 Å². The number of aromatic nitrogens is 1. The van der Waals surface area contributed by atoms with Gasteiger partial charge >= 0.3 is 0 Å². The van der Waals surface area contributed by atoms with E-state index in [0.29, 0.717) is 16.3 Å². The van der Waals surface area contributed by atoms with Crippen molar-refractivity contribution in [2.24, 2.45) is 0 Å². The molecule has 1 atom stereocenters. The molecule has 0 aliphatic carbocycles. The molecule has 0 saturated carbocycles. The minimum Gasteiger partial charge on any atom is -0.496 e. The number of ether oxygens (including phenoxy) is 1. The Morgan fingerprint density at radius 1 is 1.32 bits per heavy atom. The van der Waals surface area contributed by atoms with Crippen molar-refractivity contribution in [2.75, 3.05) is 14.2 Å². The quantitative estimate of drug-likeness (QED) is 0.934. The fourth-order valence-corrected chi connectivity index (χ4v) is 2.20. The standard InChI is InChI=1S/C14H14ClFN2O/c1-17-14(9-5-11(16)8-18-7-9)12-6-10(15)3-4-13(12)19-2/h3-8,14,17H,1-2H3. The summed E-state index contributed by atoms with van der Waals surface area (Å²) in [6, 6.07) is 6.53. The number of nitrogens with one attached hydrogen (secondary N) is 1. The number of halogens is 2. The molecule has 0 saturated heterocycles. The van der Waals surface area contributed by atoms with Crippen molar-refractivity contribution < 1.29 is 9.13 Å². The highest BCUT2D eigenvalue weighted by atomic mass is 35.5. The van der Waals surface area contributed by atoms with E-state index in [2.05, 4.69) is 10.3 Å². The SMILES string of the molecule is CNC(c1cncc(F)c1)c1cc(Cl)ccc1OC. The van der Waals surface area contributed by atoms with E-state index in [4.69, 9.17) is 16.3 Å². The van der Waals surface area contributed by atoms with Crippen molar-refractivity contribution in [3.8, 4) is 5.75 Å². The van der Waals surface area contributed by atoms with Gasteiger partial charge in [-0.25, -0.2) is 4.39 Å². The molecule has 1 aromatic carbocycles. The van der Waals surface area contributed by atoms with Crippen LogP contribution in [0.25, 0.3) is 0 Å². The van der Waals surface area contributed by atoms with E-state index >= 15 is 0 Å². The van der Waals surface area contributed by atoms with E-state index in [-0.39, 0.29) is 11.9 Å². The fourth-order valence-electron chi connectivity index (χ4n) is 2.02. The Balaban J connectivity index is 2.50. The van der Waals surface area contributed by atoms with Crippen LogP contribution in [-0.4, -0.2) is 19.1 Å². The zero-order chi connectivity index (χ0) is 13.8. The fraction of sp³-hybridized carbons (Fsp3) is 0.214. The van der Waals surface area contributed by atoms with Gasteiger partial charge in [0.2, 0.25) is 0 Å². The smallest absolute Gasteiger partial charge is 0.141 e. The maximum atomic E-state index is 13.3. The average Bonchev–Trinajstić information content (AvgIpc) is 2.40. The van der Waals surface area contributed by atoms with E-state index in [1.54, 1.807) is 38.6 Å². The second-order valence-corrected chi connectivity index (χ2v) is 4.48. The molecule has 3 nitrogen and oxygen atoms in total. The van der Waals surface area contributed by atoms with E-state index < -0.39 is 0 Å². The Kier molecular flexibility index (Phi) is 4.35. The third-order valence-electron chi connectivity index (χ3n) is 2.85. The summed E-state index contributed by atoms with van der Waals surface area (Å²) in [4.78, 5) is 3.87. The van der Waals surface area contributed by atoms with Crippen LogP contribution >= 0.6 is 11.6 Å². The molecule has 0 amide bonds. The van der Waals surface area contributed by atoms with Crippen molar-refractivity contribution in [1.29, 1.82) is 0 Å². The Hall–Kier alpha value is -1.65. The number of nitrogens with zero attached hydrogens (tertiary/aromatic N) is 1. The van der Waals surface area contributed by atoms with Crippen LogP contribution in [0.5, 0.6) is 5.75 Å². The molecular weight excluding hydrogens is 267 g/mol. The van der Waals surface area contributed by atoms with Crippen LogP contribution in [0.4, 0.5) is 4.39 Å². The van der Waals surface area contributed by atoms with Crippen molar-refractivity contribution in [1.82, 2.24) is 10.3 Å². The highest BCUT2D eigenvalue weighted by Gasteiger charge is 2.18. The van der Waals surface area contributed by atoms with E-state index in [9.17, 15) is 4.39 Å². The highest BCUT2D eigenvalue weighted by molar-refractivity contribution is 6.30. The average molecular weight is 281 g/mol. The predicted molar refractivity (Wildman–Crippen MR) is 73.1 cm³/mol. The van der Waals surface area contributed by atoms with Crippen molar-refractivity contribution in [3.63, 3.8) is 0 Å². The minimum absolute atomic E-state index is 0.239. The van der Waals surface area contributed by atoms with Crippen LogP contribution < -0.4 is 10.1 Å². The molecule has 1 heterocycles. The van der Waals surface area contributed by atoms with E-state index in [1.807, 2.05) is 0 Å². The molecule has 0 radical (unpaired) electrons. The maximum absolute atomic E-state index is 13.3. The van der Waals surface area contributed by atoms with Gasteiger partial charge < -0.3 is 10.1 Å².